The zero-order valence-electron chi connectivity index (χ0n) is 9.59. The Morgan fingerprint density at radius 2 is 2.00 bits per heavy atom. The molecule has 1 aromatic heterocycles. The summed E-state index contributed by atoms with van der Waals surface area (Å²) in [4.78, 5) is 4.26. The van der Waals surface area contributed by atoms with Gasteiger partial charge in [-0.1, -0.05) is 17.7 Å². The first-order chi connectivity index (χ1) is 8.06. The fourth-order valence-corrected chi connectivity index (χ4v) is 2.25. The zero-order valence-corrected chi connectivity index (χ0v) is 11.9. The molecule has 1 aromatic carbocycles. The fraction of sp³-hybridized carbons (Fsp3) is 0.154. The number of aryl methyl sites for hydroxylation is 2. The maximum atomic E-state index is 6.22. The molecule has 0 bridgehead atoms. The summed E-state index contributed by atoms with van der Waals surface area (Å²) in [5, 5.41) is 3.95. The lowest BCUT2D eigenvalue weighted by atomic mass is 10.1. The van der Waals surface area contributed by atoms with Crippen molar-refractivity contribution in [1.82, 2.24) is 4.98 Å². The van der Waals surface area contributed by atoms with Crippen LogP contribution < -0.4 is 5.32 Å². The molecule has 1 N–H and O–H groups in total. The second kappa shape index (κ2) is 5.07. The minimum Gasteiger partial charge on any atom is -0.339 e. The first-order valence-corrected chi connectivity index (χ1v) is 6.38. The maximum Gasteiger partial charge on any atom is 0.130 e. The number of halogens is 2. The van der Waals surface area contributed by atoms with E-state index in [-0.39, 0.29) is 0 Å². The molecule has 0 spiro atoms. The van der Waals surface area contributed by atoms with Crippen molar-refractivity contribution in [3.63, 3.8) is 0 Å². The first kappa shape index (κ1) is 12.4. The maximum absolute atomic E-state index is 6.22. The molecule has 17 heavy (non-hydrogen) atoms. The highest BCUT2D eigenvalue weighted by Crippen LogP contribution is 2.29. The van der Waals surface area contributed by atoms with E-state index in [1.54, 1.807) is 6.20 Å². The van der Waals surface area contributed by atoms with Gasteiger partial charge >= 0.3 is 0 Å². The van der Waals surface area contributed by atoms with Crippen molar-refractivity contribution < 1.29 is 0 Å². The fourth-order valence-electron chi connectivity index (χ4n) is 1.65. The Morgan fingerprint density at radius 3 is 2.59 bits per heavy atom. The lowest BCUT2D eigenvalue weighted by molar-refractivity contribution is 1.28. The molecule has 2 aromatic rings. The standard InChI is InChI=1S/C13H12BrClN2/c1-8-5-9(2)13(11(15)6-8)17-12-4-3-10(14)7-16-12/h3-7H,1-2H3,(H,16,17). The van der Waals surface area contributed by atoms with Gasteiger partial charge in [-0.2, -0.15) is 0 Å². The SMILES string of the molecule is Cc1cc(C)c(Nc2ccc(Br)cn2)c(Cl)c1. The monoisotopic (exact) mass is 310 g/mol. The molecular weight excluding hydrogens is 300 g/mol. The quantitative estimate of drug-likeness (QED) is 0.857. The van der Waals surface area contributed by atoms with Crippen LogP contribution >= 0.6 is 27.5 Å². The second-order valence-electron chi connectivity index (χ2n) is 3.93. The van der Waals surface area contributed by atoms with Crippen LogP contribution in [-0.2, 0) is 0 Å². The summed E-state index contributed by atoms with van der Waals surface area (Å²) in [7, 11) is 0. The van der Waals surface area contributed by atoms with Crippen molar-refractivity contribution in [2.24, 2.45) is 0 Å². The van der Waals surface area contributed by atoms with Crippen LogP contribution in [-0.4, -0.2) is 4.98 Å². The number of anilines is 2. The summed E-state index contributed by atoms with van der Waals surface area (Å²) in [6, 6.07) is 7.87. The summed E-state index contributed by atoms with van der Waals surface area (Å²) < 4.78 is 0.953. The van der Waals surface area contributed by atoms with E-state index in [0.29, 0.717) is 5.02 Å². The van der Waals surface area contributed by atoms with Gasteiger partial charge in [-0.25, -0.2) is 4.98 Å². The third-order valence-electron chi connectivity index (χ3n) is 2.41. The summed E-state index contributed by atoms with van der Waals surface area (Å²) in [6.45, 7) is 4.06. The number of nitrogens with zero attached hydrogens (tertiary/aromatic N) is 1. The Morgan fingerprint density at radius 1 is 1.24 bits per heavy atom. The largest absolute Gasteiger partial charge is 0.339 e. The predicted octanol–water partition coefficient (Wildman–Crippen LogP) is 4.86. The van der Waals surface area contributed by atoms with E-state index in [0.717, 1.165) is 27.1 Å². The van der Waals surface area contributed by atoms with Gasteiger partial charge in [0.25, 0.3) is 0 Å². The van der Waals surface area contributed by atoms with Crippen molar-refractivity contribution >= 4 is 39.0 Å². The molecule has 1 heterocycles. The molecule has 0 aliphatic rings. The van der Waals surface area contributed by atoms with Crippen LogP contribution in [0.2, 0.25) is 5.02 Å². The van der Waals surface area contributed by atoms with Crippen LogP contribution in [0.15, 0.2) is 34.9 Å². The average Bonchev–Trinajstić information content (AvgIpc) is 2.26. The molecule has 0 aliphatic carbocycles. The molecule has 0 radical (unpaired) electrons. The summed E-state index contributed by atoms with van der Waals surface area (Å²) in [6.07, 6.45) is 1.75. The predicted molar refractivity (Wildman–Crippen MR) is 76.1 cm³/mol. The minimum absolute atomic E-state index is 0.715. The molecule has 2 nitrogen and oxygen atoms in total. The van der Waals surface area contributed by atoms with Gasteiger partial charge in [0.15, 0.2) is 0 Å². The Balaban J connectivity index is 2.33. The van der Waals surface area contributed by atoms with Gasteiger partial charge < -0.3 is 5.32 Å². The summed E-state index contributed by atoms with van der Waals surface area (Å²) >= 11 is 9.57. The van der Waals surface area contributed by atoms with Gasteiger partial charge in [-0.15, -0.1) is 0 Å². The zero-order chi connectivity index (χ0) is 12.4. The van der Waals surface area contributed by atoms with E-state index in [1.807, 2.05) is 32.0 Å². The van der Waals surface area contributed by atoms with Crippen LogP contribution in [0.3, 0.4) is 0 Å². The van der Waals surface area contributed by atoms with Gasteiger partial charge in [0.05, 0.1) is 10.7 Å². The van der Waals surface area contributed by atoms with Crippen LogP contribution in [0.25, 0.3) is 0 Å². The van der Waals surface area contributed by atoms with Crippen molar-refractivity contribution in [2.75, 3.05) is 5.32 Å². The Labute approximate surface area is 114 Å². The van der Waals surface area contributed by atoms with Crippen LogP contribution in [0.1, 0.15) is 11.1 Å². The molecule has 0 fully saturated rings. The molecule has 0 saturated heterocycles. The van der Waals surface area contributed by atoms with E-state index >= 15 is 0 Å². The van der Waals surface area contributed by atoms with Crippen molar-refractivity contribution in [3.8, 4) is 0 Å². The van der Waals surface area contributed by atoms with Crippen LogP contribution in [0, 0.1) is 13.8 Å². The lowest BCUT2D eigenvalue weighted by Gasteiger charge is -2.11. The van der Waals surface area contributed by atoms with Crippen molar-refractivity contribution in [2.45, 2.75) is 13.8 Å². The minimum atomic E-state index is 0.715. The van der Waals surface area contributed by atoms with E-state index in [1.165, 1.54) is 0 Å². The van der Waals surface area contributed by atoms with Crippen LogP contribution in [0.5, 0.6) is 0 Å². The van der Waals surface area contributed by atoms with E-state index in [2.05, 4.69) is 32.3 Å². The lowest BCUT2D eigenvalue weighted by Crippen LogP contribution is -1.96. The molecule has 0 aliphatic heterocycles. The smallest absolute Gasteiger partial charge is 0.130 e. The van der Waals surface area contributed by atoms with Gasteiger partial charge in [0.1, 0.15) is 5.82 Å². The highest BCUT2D eigenvalue weighted by molar-refractivity contribution is 9.10. The van der Waals surface area contributed by atoms with Crippen molar-refractivity contribution in [1.29, 1.82) is 0 Å². The second-order valence-corrected chi connectivity index (χ2v) is 5.25. The molecule has 0 unspecified atom stereocenters. The van der Waals surface area contributed by atoms with Crippen molar-refractivity contribution in [3.05, 3.63) is 51.1 Å². The summed E-state index contributed by atoms with van der Waals surface area (Å²) in [5.41, 5.74) is 3.17. The van der Waals surface area contributed by atoms with E-state index in [4.69, 9.17) is 11.6 Å². The van der Waals surface area contributed by atoms with Gasteiger partial charge in [0, 0.05) is 10.7 Å². The molecule has 2 rings (SSSR count). The first-order valence-electron chi connectivity index (χ1n) is 5.21. The van der Waals surface area contributed by atoms with Gasteiger partial charge in [-0.3, -0.25) is 0 Å². The summed E-state index contributed by atoms with van der Waals surface area (Å²) in [5.74, 6) is 0.780. The highest BCUT2D eigenvalue weighted by atomic mass is 79.9. The molecule has 4 heteroatoms. The molecule has 0 atom stereocenters. The number of rotatable bonds is 2. The number of nitrogens with one attached hydrogen (secondary N) is 1. The van der Waals surface area contributed by atoms with E-state index in [9.17, 15) is 0 Å². The molecular formula is C13H12BrClN2. The molecule has 88 valence electrons. The number of hydrogen-bond acceptors (Lipinski definition) is 2. The number of benzene rings is 1. The Kier molecular flexibility index (Phi) is 3.69. The molecule has 0 saturated carbocycles. The number of pyridine rings is 1. The van der Waals surface area contributed by atoms with E-state index < -0.39 is 0 Å². The molecule has 0 amide bonds. The van der Waals surface area contributed by atoms with Crippen LogP contribution in [0.4, 0.5) is 11.5 Å². The third-order valence-corrected chi connectivity index (χ3v) is 3.18. The topological polar surface area (TPSA) is 24.9 Å². The van der Waals surface area contributed by atoms with Gasteiger partial charge in [-0.05, 0) is 59.1 Å². The third kappa shape index (κ3) is 2.99. The number of hydrogen-bond donors (Lipinski definition) is 1. The Hall–Kier alpha value is -1.06. The normalized spacial score (nSPS) is 10.4. The number of aromatic nitrogens is 1. The highest BCUT2D eigenvalue weighted by Gasteiger charge is 2.06. The Bertz CT molecular complexity index is 515. The average molecular weight is 312 g/mol. The van der Waals surface area contributed by atoms with Gasteiger partial charge in [0.2, 0.25) is 0 Å².